The Balaban J connectivity index is 1.32. The lowest BCUT2D eigenvalue weighted by Crippen LogP contribution is -2.37. The van der Waals surface area contributed by atoms with E-state index in [0.29, 0.717) is 31.3 Å². The minimum Gasteiger partial charge on any atom is -0.467 e. The Morgan fingerprint density at radius 2 is 2.15 bits per heavy atom. The van der Waals surface area contributed by atoms with Crippen molar-refractivity contribution in [3.63, 3.8) is 0 Å². The molecule has 3 heterocycles. The molecule has 2 fully saturated rings. The normalized spacial score (nSPS) is 18.0. The molecule has 0 aliphatic carbocycles. The highest BCUT2D eigenvalue weighted by molar-refractivity contribution is 5.78. The average molecular weight is 375 g/mol. The molecule has 2 aliphatic heterocycles. The first-order valence-electron chi connectivity index (χ1n) is 9.82. The summed E-state index contributed by atoms with van der Waals surface area (Å²) in [5.74, 6) is 1.64. The van der Waals surface area contributed by atoms with E-state index in [2.05, 4.69) is 20.2 Å². The Kier molecular flexibility index (Phi) is 6.84. The summed E-state index contributed by atoms with van der Waals surface area (Å²) in [6.45, 7) is 4.02. The van der Waals surface area contributed by atoms with Crippen molar-refractivity contribution in [1.29, 1.82) is 0 Å². The molecule has 8 nitrogen and oxygen atoms in total. The number of nitrogens with one attached hydrogen (secondary N) is 1. The molecule has 0 aromatic carbocycles. The summed E-state index contributed by atoms with van der Waals surface area (Å²) in [5, 5.41) is 3.00. The van der Waals surface area contributed by atoms with Gasteiger partial charge in [0.2, 0.25) is 11.8 Å². The van der Waals surface area contributed by atoms with E-state index < -0.39 is 0 Å². The van der Waals surface area contributed by atoms with Gasteiger partial charge in [-0.1, -0.05) is 0 Å². The second-order valence-corrected chi connectivity index (χ2v) is 7.22. The third-order valence-electron chi connectivity index (χ3n) is 5.31. The SMILES string of the molecule is COc1nccc(N2CCC(CC(=O)NCCCN3CCCC3=O)CC2)n1. The van der Waals surface area contributed by atoms with Crippen LogP contribution in [0.25, 0.3) is 0 Å². The van der Waals surface area contributed by atoms with Crippen LogP contribution in [-0.2, 0) is 9.59 Å². The van der Waals surface area contributed by atoms with Crippen molar-refractivity contribution in [1.82, 2.24) is 20.2 Å². The van der Waals surface area contributed by atoms with Crippen LogP contribution >= 0.6 is 0 Å². The number of carbonyl (C=O) groups excluding carboxylic acids is 2. The van der Waals surface area contributed by atoms with Crippen LogP contribution in [0.15, 0.2) is 12.3 Å². The van der Waals surface area contributed by atoms with E-state index in [4.69, 9.17) is 4.74 Å². The van der Waals surface area contributed by atoms with E-state index in [0.717, 1.165) is 57.7 Å². The molecule has 0 radical (unpaired) electrons. The molecule has 148 valence electrons. The van der Waals surface area contributed by atoms with Crippen molar-refractivity contribution < 1.29 is 14.3 Å². The summed E-state index contributed by atoms with van der Waals surface area (Å²) in [6, 6.07) is 2.27. The molecular weight excluding hydrogens is 346 g/mol. The van der Waals surface area contributed by atoms with E-state index in [1.54, 1.807) is 13.3 Å². The maximum absolute atomic E-state index is 12.2. The number of carbonyl (C=O) groups is 2. The van der Waals surface area contributed by atoms with Crippen molar-refractivity contribution >= 4 is 17.6 Å². The van der Waals surface area contributed by atoms with Gasteiger partial charge in [-0.3, -0.25) is 9.59 Å². The predicted molar refractivity (Wildman–Crippen MR) is 102 cm³/mol. The molecule has 0 bridgehead atoms. The zero-order valence-corrected chi connectivity index (χ0v) is 16.0. The lowest BCUT2D eigenvalue weighted by atomic mass is 9.93. The molecule has 27 heavy (non-hydrogen) atoms. The Bertz CT molecular complexity index is 646. The van der Waals surface area contributed by atoms with Crippen LogP contribution in [0.5, 0.6) is 6.01 Å². The van der Waals surface area contributed by atoms with Gasteiger partial charge in [-0.15, -0.1) is 0 Å². The van der Waals surface area contributed by atoms with Gasteiger partial charge in [0, 0.05) is 51.8 Å². The van der Waals surface area contributed by atoms with Crippen LogP contribution in [-0.4, -0.2) is 66.5 Å². The number of ether oxygens (including phenoxy) is 1. The van der Waals surface area contributed by atoms with Crippen LogP contribution in [0.2, 0.25) is 0 Å². The highest BCUT2D eigenvalue weighted by Crippen LogP contribution is 2.24. The summed E-state index contributed by atoms with van der Waals surface area (Å²) in [6.07, 6.45) is 6.69. The van der Waals surface area contributed by atoms with Gasteiger partial charge in [-0.2, -0.15) is 4.98 Å². The van der Waals surface area contributed by atoms with Gasteiger partial charge in [0.05, 0.1) is 7.11 Å². The fourth-order valence-corrected chi connectivity index (χ4v) is 3.75. The largest absolute Gasteiger partial charge is 0.467 e. The molecule has 0 spiro atoms. The predicted octanol–water partition coefficient (Wildman–Crippen LogP) is 1.22. The minimum absolute atomic E-state index is 0.116. The number of anilines is 1. The van der Waals surface area contributed by atoms with E-state index >= 15 is 0 Å². The third-order valence-corrected chi connectivity index (χ3v) is 5.31. The molecule has 3 rings (SSSR count). The molecule has 8 heteroatoms. The topological polar surface area (TPSA) is 87.7 Å². The zero-order chi connectivity index (χ0) is 19.1. The van der Waals surface area contributed by atoms with Gasteiger partial charge in [0.15, 0.2) is 0 Å². The standard InChI is InChI=1S/C19H29N5O3/c1-27-19-21-9-5-16(22-19)23-12-6-15(7-13-23)14-17(25)20-8-3-11-24-10-2-4-18(24)26/h5,9,15H,2-4,6-8,10-14H2,1H3,(H,20,25). The molecule has 0 saturated carbocycles. The van der Waals surface area contributed by atoms with E-state index in [9.17, 15) is 9.59 Å². The Labute approximate surface area is 160 Å². The molecule has 1 aromatic rings. The van der Waals surface area contributed by atoms with Gasteiger partial charge >= 0.3 is 6.01 Å². The molecule has 0 unspecified atom stereocenters. The summed E-state index contributed by atoms with van der Waals surface area (Å²) < 4.78 is 5.08. The van der Waals surface area contributed by atoms with Gasteiger partial charge in [0.1, 0.15) is 5.82 Å². The Hall–Kier alpha value is -2.38. The summed E-state index contributed by atoms with van der Waals surface area (Å²) in [7, 11) is 1.56. The van der Waals surface area contributed by atoms with Gasteiger partial charge in [-0.05, 0) is 37.7 Å². The first kappa shape index (κ1) is 19.4. The minimum atomic E-state index is 0.116. The van der Waals surface area contributed by atoms with Crippen molar-refractivity contribution in [2.24, 2.45) is 5.92 Å². The van der Waals surface area contributed by atoms with Gasteiger partial charge in [0.25, 0.3) is 0 Å². The van der Waals surface area contributed by atoms with Crippen molar-refractivity contribution in [2.75, 3.05) is 44.7 Å². The number of nitrogens with zero attached hydrogens (tertiary/aromatic N) is 4. The Morgan fingerprint density at radius 3 is 2.85 bits per heavy atom. The maximum atomic E-state index is 12.2. The van der Waals surface area contributed by atoms with Gasteiger partial charge < -0.3 is 19.9 Å². The monoisotopic (exact) mass is 375 g/mol. The second kappa shape index (κ2) is 9.53. The van der Waals surface area contributed by atoms with Crippen molar-refractivity contribution in [3.05, 3.63) is 12.3 Å². The summed E-state index contributed by atoms with van der Waals surface area (Å²) in [4.78, 5) is 36.2. The Morgan fingerprint density at radius 1 is 1.33 bits per heavy atom. The van der Waals surface area contributed by atoms with E-state index in [1.165, 1.54) is 0 Å². The highest BCUT2D eigenvalue weighted by atomic mass is 16.5. The number of hydrogen-bond donors (Lipinski definition) is 1. The second-order valence-electron chi connectivity index (χ2n) is 7.22. The number of likely N-dealkylation sites (tertiary alicyclic amines) is 1. The molecular formula is C19H29N5O3. The van der Waals surface area contributed by atoms with Crippen molar-refractivity contribution in [3.8, 4) is 6.01 Å². The summed E-state index contributed by atoms with van der Waals surface area (Å²) >= 11 is 0. The lowest BCUT2D eigenvalue weighted by molar-refractivity contribution is -0.127. The maximum Gasteiger partial charge on any atom is 0.318 e. The van der Waals surface area contributed by atoms with Crippen LogP contribution in [0.1, 0.15) is 38.5 Å². The quantitative estimate of drug-likeness (QED) is 0.688. The van der Waals surface area contributed by atoms with E-state index in [-0.39, 0.29) is 11.8 Å². The number of amides is 2. The van der Waals surface area contributed by atoms with Crippen LogP contribution in [0.4, 0.5) is 5.82 Å². The molecule has 1 N–H and O–H groups in total. The molecule has 2 saturated heterocycles. The van der Waals surface area contributed by atoms with Crippen LogP contribution in [0.3, 0.4) is 0 Å². The number of methoxy groups -OCH3 is 1. The zero-order valence-electron chi connectivity index (χ0n) is 16.0. The third kappa shape index (κ3) is 5.55. The number of rotatable bonds is 8. The molecule has 1 aromatic heterocycles. The molecule has 0 atom stereocenters. The first-order valence-corrected chi connectivity index (χ1v) is 9.82. The van der Waals surface area contributed by atoms with Crippen molar-refractivity contribution in [2.45, 2.75) is 38.5 Å². The molecule has 2 amide bonds. The highest BCUT2D eigenvalue weighted by Gasteiger charge is 2.23. The number of piperidine rings is 1. The lowest BCUT2D eigenvalue weighted by Gasteiger charge is -2.32. The fraction of sp³-hybridized carbons (Fsp3) is 0.684. The smallest absolute Gasteiger partial charge is 0.318 e. The fourth-order valence-electron chi connectivity index (χ4n) is 3.75. The van der Waals surface area contributed by atoms with Gasteiger partial charge in [-0.25, -0.2) is 4.98 Å². The number of hydrogen-bond acceptors (Lipinski definition) is 6. The van der Waals surface area contributed by atoms with Crippen LogP contribution < -0.4 is 15.0 Å². The molecule has 2 aliphatic rings. The first-order chi connectivity index (χ1) is 13.2. The summed E-state index contributed by atoms with van der Waals surface area (Å²) in [5.41, 5.74) is 0. The average Bonchev–Trinajstić information content (AvgIpc) is 3.10. The van der Waals surface area contributed by atoms with E-state index in [1.807, 2.05) is 11.0 Å². The van der Waals surface area contributed by atoms with Crippen LogP contribution in [0, 0.1) is 5.92 Å². The number of aromatic nitrogens is 2.